The smallest absolute Gasteiger partial charge is 0.545 e. The van der Waals surface area contributed by atoms with E-state index in [1.54, 1.807) is 74.4 Å². The van der Waals surface area contributed by atoms with Crippen LogP contribution < -0.4 is 20.5 Å². The van der Waals surface area contributed by atoms with E-state index in [-0.39, 0.29) is 6.99 Å². The van der Waals surface area contributed by atoms with Gasteiger partial charge in [0.15, 0.2) is 0 Å². The zero-order valence-electron chi connectivity index (χ0n) is 22.2. The van der Waals surface area contributed by atoms with Gasteiger partial charge in [-0.05, 0) is 55.5 Å². The lowest BCUT2D eigenvalue weighted by Gasteiger charge is -2.15. The molecule has 0 radical (unpaired) electrons. The highest BCUT2D eigenvalue weighted by atomic mass is 35.5. The monoisotopic (exact) mass is 537 g/mol. The summed E-state index contributed by atoms with van der Waals surface area (Å²) in [5.41, 5.74) is 1.60. The number of anilines is 2. The molecule has 0 saturated heterocycles. The molecule has 11 heteroatoms. The van der Waals surface area contributed by atoms with Gasteiger partial charge in [-0.25, -0.2) is 4.98 Å². The minimum atomic E-state index is -1.14. The summed E-state index contributed by atoms with van der Waals surface area (Å²) in [6, 6.07) is 14.6. The van der Waals surface area contributed by atoms with Gasteiger partial charge in [0.05, 0.1) is 29.4 Å². The summed E-state index contributed by atoms with van der Waals surface area (Å²) in [5, 5.41) is 23.3. The van der Waals surface area contributed by atoms with Crippen LogP contribution in [0.1, 0.15) is 34.6 Å². The topological polar surface area (TPSA) is 148 Å². The summed E-state index contributed by atoms with van der Waals surface area (Å²) < 4.78 is 5.22. The molecular formula is C27H28ClN5O5. The molecule has 3 N–H and O–H groups in total. The molecule has 0 spiro atoms. The van der Waals surface area contributed by atoms with Crippen molar-refractivity contribution < 1.29 is 25.7 Å². The highest BCUT2D eigenvalue weighted by Gasteiger charge is 2.17. The van der Waals surface area contributed by atoms with Crippen LogP contribution in [0.15, 0.2) is 72.9 Å². The van der Waals surface area contributed by atoms with Crippen molar-refractivity contribution in [2.75, 3.05) is 31.8 Å². The number of ether oxygens (including phenoxy) is 1. The van der Waals surface area contributed by atoms with E-state index in [1.807, 2.05) is 0 Å². The molecule has 0 aliphatic carbocycles. The van der Waals surface area contributed by atoms with E-state index < -0.39 is 17.8 Å². The van der Waals surface area contributed by atoms with E-state index in [0.29, 0.717) is 39.2 Å². The molecule has 2 aromatic carbocycles. The van der Waals surface area contributed by atoms with E-state index in [4.69, 9.17) is 21.7 Å². The fourth-order valence-electron chi connectivity index (χ4n) is 2.95. The third-order valence-electron chi connectivity index (χ3n) is 4.86. The lowest BCUT2D eigenvalue weighted by molar-refractivity contribution is -0.297. The van der Waals surface area contributed by atoms with Crippen molar-refractivity contribution >= 4 is 46.7 Å². The first-order valence-corrected chi connectivity index (χ1v) is 11.6. The van der Waals surface area contributed by atoms with Gasteiger partial charge < -0.3 is 30.2 Å². The summed E-state index contributed by atoms with van der Waals surface area (Å²) in [5.74, 6) is -0.887. The molecule has 3 rings (SSSR count). The third-order valence-corrected chi connectivity index (χ3v) is 5.08. The number of amidine groups is 1. The van der Waals surface area contributed by atoms with Crippen LogP contribution in [0.2, 0.25) is 5.02 Å². The Morgan fingerprint density at radius 3 is 2.18 bits per heavy atom. The maximum atomic E-state index is 12.9. The Bertz CT molecular complexity index is 1330. The predicted molar refractivity (Wildman–Crippen MR) is 146 cm³/mol. The van der Waals surface area contributed by atoms with Gasteiger partial charge in [-0.1, -0.05) is 29.8 Å². The van der Waals surface area contributed by atoms with Crippen molar-refractivity contribution in [1.29, 1.82) is 5.41 Å². The molecule has 0 aliphatic heterocycles. The number of carboxylic acids is 1. The first kappa shape index (κ1) is 29.5. The van der Waals surface area contributed by atoms with E-state index in [0.717, 1.165) is 6.08 Å². The van der Waals surface area contributed by atoms with Gasteiger partial charge in [0, 0.05) is 31.4 Å². The number of pyridine rings is 1. The molecule has 0 fully saturated rings. The number of aromatic nitrogens is 1. The van der Waals surface area contributed by atoms with Crippen molar-refractivity contribution in [3.05, 3.63) is 94.7 Å². The Balaban J connectivity index is 0.000000977. The molecule has 0 aliphatic rings. The van der Waals surface area contributed by atoms with Crippen molar-refractivity contribution in [1.82, 2.24) is 9.88 Å². The van der Waals surface area contributed by atoms with Crippen molar-refractivity contribution in [2.45, 2.75) is 6.92 Å². The van der Waals surface area contributed by atoms with Gasteiger partial charge in [0.25, 0.3) is 11.8 Å². The third kappa shape index (κ3) is 8.75. The molecule has 3 aromatic rings. The van der Waals surface area contributed by atoms with Gasteiger partial charge in [-0.3, -0.25) is 15.0 Å². The number of aliphatic carboxylic acids is 1. The Kier molecular flexibility index (Phi) is 11.0. The molecule has 0 bridgehead atoms. The fourth-order valence-corrected chi connectivity index (χ4v) is 3.06. The van der Waals surface area contributed by atoms with Gasteiger partial charge in [-0.2, -0.15) is 0 Å². The van der Waals surface area contributed by atoms with Crippen molar-refractivity contribution in [2.24, 2.45) is 0 Å². The van der Waals surface area contributed by atoms with Crippen LogP contribution in [0.25, 0.3) is 0 Å². The average molecular weight is 538 g/mol. The first-order chi connectivity index (χ1) is 18.0. The number of hydrogen-bond acceptors (Lipinski definition) is 7. The maximum Gasteiger partial charge on any atom is 1.00 e. The number of methoxy groups -OCH3 is 1. The molecule has 0 saturated carbocycles. The van der Waals surface area contributed by atoms with Gasteiger partial charge in [0.1, 0.15) is 17.4 Å². The van der Waals surface area contributed by atoms with Crippen LogP contribution in [0, 0.1) is 5.41 Å². The standard InChI is InChI=1S/C23H22ClN5O3.C4H6O2/c1-29(2)21(25)14-4-6-15(7-5-14)22(30)27-19-10-9-17(32-3)12-18(19)23(31)28-20-11-8-16(24)13-26-20;1-2-3-4(5)6/h4-13,25H,1-3H3,(H,27,30)(H,26,28,31);2-3H,1H3,(H,5,6)/b;3-2-. The summed E-state index contributed by atoms with van der Waals surface area (Å²) in [6.45, 7) is 1.62. The number of benzene rings is 2. The zero-order valence-corrected chi connectivity index (χ0v) is 22.0. The molecule has 2 amide bonds. The zero-order chi connectivity index (χ0) is 28.2. The molecule has 10 nitrogen and oxygen atoms in total. The lowest BCUT2D eigenvalue weighted by Crippen LogP contribution is -2.22. The van der Waals surface area contributed by atoms with Gasteiger partial charge in [0.2, 0.25) is 0 Å². The number of amides is 2. The Morgan fingerprint density at radius 2 is 1.68 bits per heavy atom. The molecule has 0 atom stereocenters. The molecule has 198 valence electrons. The van der Waals surface area contributed by atoms with Crippen LogP contribution in [-0.4, -0.2) is 54.7 Å². The minimum Gasteiger partial charge on any atom is -0.545 e. The van der Waals surface area contributed by atoms with E-state index in [9.17, 15) is 19.5 Å². The second-order valence-corrected chi connectivity index (χ2v) is 8.26. The quantitative estimate of drug-likeness (QED) is 0.237. The van der Waals surface area contributed by atoms with E-state index in [2.05, 4.69) is 15.6 Å². The average Bonchev–Trinajstić information content (AvgIpc) is 2.90. The predicted octanol–water partition coefficient (Wildman–Crippen LogP) is 3.56. The van der Waals surface area contributed by atoms with Crippen LogP contribution in [-0.2, 0) is 4.79 Å². The number of nitrogens with one attached hydrogen (secondary N) is 3. The molecular weight excluding hydrogens is 510 g/mol. The Labute approximate surface area is 226 Å². The van der Waals surface area contributed by atoms with Crippen molar-refractivity contribution in [3.63, 3.8) is 0 Å². The number of nitrogens with zero attached hydrogens (tertiary/aromatic N) is 2. The molecule has 1 aromatic heterocycles. The molecule has 1 heterocycles. The summed E-state index contributed by atoms with van der Waals surface area (Å²) in [7, 11) is 5.04. The minimum absolute atomic E-state index is 0. The van der Waals surface area contributed by atoms with Crippen LogP contribution in [0.4, 0.5) is 11.5 Å². The van der Waals surface area contributed by atoms with Crippen LogP contribution in [0.3, 0.4) is 0 Å². The van der Waals surface area contributed by atoms with Crippen LogP contribution >= 0.6 is 11.6 Å². The second kappa shape index (κ2) is 14.1. The van der Waals surface area contributed by atoms with Gasteiger partial charge in [-0.15, -0.1) is 0 Å². The molecule has 38 heavy (non-hydrogen) atoms. The summed E-state index contributed by atoms with van der Waals surface area (Å²) in [6.07, 6.45) is 3.81. The molecule has 0 unspecified atom stereocenters. The largest absolute Gasteiger partial charge is 1.00 e. The Hall–Kier alpha value is -4.70. The van der Waals surface area contributed by atoms with E-state index >= 15 is 0 Å². The second-order valence-electron chi connectivity index (χ2n) is 7.82. The number of halogens is 1. The highest BCUT2D eigenvalue weighted by molar-refractivity contribution is 6.30. The normalized spacial score (nSPS) is 10.1. The number of carbonyl (C=O) groups excluding carboxylic acids is 3. The number of carbonyl (C=O) groups is 3. The lowest BCUT2D eigenvalue weighted by atomic mass is 10.1. The first-order valence-electron chi connectivity index (χ1n) is 11.2. The number of rotatable bonds is 7. The van der Waals surface area contributed by atoms with Crippen molar-refractivity contribution in [3.8, 4) is 5.75 Å². The highest BCUT2D eigenvalue weighted by Crippen LogP contribution is 2.24. The Morgan fingerprint density at radius 1 is 1.03 bits per heavy atom. The van der Waals surface area contributed by atoms with Crippen LogP contribution in [0.5, 0.6) is 5.75 Å². The number of carboxylic acid groups (broad SMARTS) is 1. The van der Waals surface area contributed by atoms with E-state index in [1.165, 1.54) is 25.4 Å². The number of hydrogen-bond donors (Lipinski definition) is 3. The summed E-state index contributed by atoms with van der Waals surface area (Å²) >= 11 is 5.83. The SMILES string of the molecule is C/C=C\C(=O)[O-].COc1ccc(NC(=O)c2ccc(C(=N)N(C)C)cc2)c(C(=O)Nc2ccc(Cl)cn2)c1.[H+]. The fraction of sp³-hybridized carbons (Fsp3) is 0.148. The summed E-state index contributed by atoms with van der Waals surface area (Å²) in [4.78, 5) is 40.8. The number of allylic oxidation sites excluding steroid dienone is 1. The maximum absolute atomic E-state index is 12.9. The van der Waals surface area contributed by atoms with Gasteiger partial charge >= 0.3 is 1.43 Å².